The average Bonchev–Trinajstić information content (AvgIpc) is 3.07. The quantitative estimate of drug-likeness (QED) is 0.736. The minimum Gasteiger partial charge on any atom is -0.434 e. The summed E-state index contributed by atoms with van der Waals surface area (Å²) in [4.78, 5) is 19.7. The monoisotopic (exact) mass is 214 g/mol. The summed E-state index contributed by atoms with van der Waals surface area (Å²) in [5.41, 5.74) is 0.838. The summed E-state index contributed by atoms with van der Waals surface area (Å²) in [5.74, 6) is 0.981. The maximum atomic E-state index is 11.7. The number of nitrogens with zero attached hydrogens (tertiary/aromatic N) is 2. The fourth-order valence-electron chi connectivity index (χ4n) is 1.55. The van der Waals surface area contributed by atoms with Crippen molar-refractivity contribution >= 4 is 5.78 Å². The number of oxazole rings is 1. The Balaban J connectivity index is 1.90. The molecule has 1 aliphatic rings. The van der Waals surface area contributed by atoms with Gasteiger partial charge in [0.1, 0.15) is 0 Å². The number of ketones is 1. The van der Waals surface area contributed by atoms with Crippen LogP contribution in [0.15, 0.2) is 35.1 Å². The predicted molar refractivity (Wildman–Crippen MR) is 56.8 cm³/mol. The highest BCUT2D eigenvalue weighted by Crippen LogP contribution is 2.33. The Labute approximate surface area is 92.3 Å². The van der Waals surface area contributed by atoms with E-state index >= 15 is 0 Å². The smallest absolute Gasteiger partial charge is 0.263 e. The van der Waals surface area contributed by atoms with Crippen molar-refractivity contribution in [3.8, 4) is 11.3 Å². The Morgan fingerprint density at radius 3 is 2.94 bits per heavy atom. The Morgan fingerprint density at radius 2 is 2.25 bits per heavy atom. The third-order valence-corrected chi connectivity index (χ3v) is 2.61. The summed E-state index contributed by atoms with van der Waals surface area (Å²) in [5, 5.41) is 0. The van der Waals surface area contributed by atoms with Crippen LogP contribution in [0.3, 0.4) is 0 Å². The van der Waals surface area contributed by atoms with Gasteiger partial charge in [-0.3, -0.25) is 9.78 Å². The zero-order valence-corrected chi connectivity index (χ0v) is 8.59. The first-order valence-corrected chi connectivity index (χ1v) is 5.25. The summed E-state index contributed by atoms with van der Waals surface area (Å²) < 4.78 is 5.43. The van der Waals surface area contributed by atoms with E-state index < -0.39 is 0 Å². The zero-order valence-electron chi connectivity index (χ0n) is 8.59. The molecule has 0 unspecified atom stereocenters. The van der Waals surface area contributed by atoms with Crippen LogP contribution in [0.4, 0.5) is 0 Å². The van der Waals surface area contributed by atoms with Gasteiger partial charge in [0, 0.05) is 23.9 Å². The highest BCUT2D eigenvalue weighted by Gasteiger charge is 2.33. The van der Waals surface area contributed by atoms with Crippen molar-refractivity contribution < 1.29 is 9.21 Å². The van der Waals surface area contributed by atoms with Crippen molar-refractivity contribution in [3.05, 3.63) is 36.6 Å². The van der Waals surface area contributed by atoms with E-state index in [0.29, 0.717) is 5.76 Å². The van der Waals surface area contributed by atoms with Crippen LogP contribution in [0.5, 0.6) is 0 Å². The van der Waals surface area contributed by atoms with Crippen molar-refractivity contribution in [1.82, 2.24) is 9.97 Å². The topological polar surface area (TPSA) is 56.0 Å². The van der Waals surface area contributed by atoms with Crippen LogP contribution in [0.2, 0.25) is 0 Å². The molecule has 1 fully saturated rings. The minimum atomic E-state index is 0.0233. The molecular formula is C12H10N2O2. The Morgan fingerprint density at radius 1 is 1.38 bits per heavy atom. The van der Waals surface area contributed by atoms with Crippen LogP contribution in [-0.2, 0) is 0 Å². The van der Waals surface area contributed by atoms with Gasteiger partial charge in [0.25, 0.3) is 5.89 Å². The Bertz CT molecular complexity index is 515. The number of carbonyl (C=O) groups excluding carboxylic acids is 1. The lowest BCUT2D eigenvalue weighted by atomic mass is 10.2. The number of rotatable bonds is 3. The van der Waals surface area contributed by atoms with Gasteiger partial charge < -0.3 is 4.42 Å². The number of aromatic nitrogens is 2. The minimum absolute atomic E-state index is 0.0233. The van der Waals surface area contributed by atoms with E-state index in [2.05, 4.69) is 9.97 Å². The summed E-state index contributed by atoms with van der Waals surface area (Å²) in [6, 6.07) is 3.69. The number of carbonyl (C=O) groups is 1. The summed E-state index contributed by atoms with van der Waals surface area (Å²) in [6.45, 7) is 0. The van der Waals surface area contributed by atoms with E-state index in [9.17, 15) is 4.79 Å². The second-order valence-corrected chi connectivity index (χ2v) is 3.91. The van der Waals surface area contributed by atoms with Gasteiger partial charge in [-0.2, -0.15) is 0 Å². The molecule has 0 radical (unpaired) electrons. The maximum Gasteiger partial charge on any atom is 0.263 e. The predicted octanol–water partition coefficient (Wildman–Crippen LogP) is 2.33. The second-order valence-electron chi connectivity index (χ2n) is 3.91. The molecule has 16 heavy (non-hydrogen) atoms. The number of hydrogen-bond donors (Lipinski definition) is 0. The molecule has 3 rings (SSSR count). The van der Waals surface area contributed by atoms with Crippen molar-refractivity contribution in [1.29, 1.82) is 0 Å². The molecule has 4 heteroatoms. The highest BCUT2D eigenvalue weighted by molar-refractivity contribution is 5.95. The first-order valence-electron chi connectivity index (χ1n) is 5.25. The SMILES string of the molecule is O=C(c1ncc(-c2cccnc2)o1)C1CC1. The van der Waals surface area contributed by atoms with Gasteiger partial charge in [0.15, 0.2) is 5.76 Å². The molecule has 1 aliphatic carbocycles. The van der Waals surface area contributed by atoms with Crippen molar-refractivity contribution in [2.75, 3.05) is 0 Å². The van der Waals surface area contributed by atoms with Crippen LogP contribution in [0.1, 0.15) is 23.5 Å². The molecule has 0 bridgehead atoms. The number of Topliss-reactive ketones (excluding diaryl/α,β-unsaturated/α-hetero) is 1. The zero-order chi connectivity index (χ0) is 11.0. The normalized spacial score (nSPS) is 15.0. The molecule has 80 valence electrons. The van der Waals surface area contributed by atoms with E-state index in [1.54, 1.807) is 18.6 Å². The summed E-state index contributed by atoms with van der Waals surface area (Å²) in [7, 11) is 0. The molecule has 0 aromatic carbocycles. The Hall–Kier alpha value is -1.97. The molecule has 0 N–H and O–H groups in total. The third-order valence-electron chi connectivity index (χ3n) is 2.61. The standard InChI is InChI=1S/C12H10N2O2/c15-11(8-3-4-8)12-14-7-10(16-12)9-2-1-5-13-6-9/h1-2,5-8H,3-4H2. The molecule has 0 atom stereocenters. The largest absolute Gasteiger partial charge is 0.434 e. The van der Waals surface area contributed by atoms with Gasteiger partial charge in [0.05, 0.1) is 6.20 Å². The van der Waals surface area contributed by atoms with Gasteiger partial charge in [-0.25, -0.2) is 4.98 Å². The molecule has 0 amide bonds. The third kappa shape index (κ3) is 1.62. The average molecular weight is 214 g/mol. The first kappa shape index (κ1) is 9.27. The van der Waals surface area contributed by atoms with Gasteiger partial charge in [0.2, 0.25) is 5.78 Å². The lowest BCUT2D eigenvalue weighted by Crippen LogP contribution is -2.00. The van der Waals surface area contributed by atoms with E-state index in [0.717, 1.165) is 18.4 Å². The number of hydrogen-bond acceptors (Lipinski definition) is 4. The van der Waals surface area contributed by atoms with Crippen molar-refractivity contribution in [2.45, 2.75) is 12.8 Å². The van der Waals surface area contributed by atoms with Crippen LogP contribution in [0.25, 0.3) is 11.3 Å². The van der Waals surface area contributed by atoms with E-state index in [4.69, 9.17) is 4.42 Å². The lowest BCUT2D eigenvalue weighted by Gasteiger charge is -1.93. The van der Waals surface area contributed by atoms with E-state index in [1.165, 1.54) is 0 Å². The van der Waals surface area contributed by atoms with E-state index in [-0.39, 0.29) is 17.6 Å². The van der Waals surface area contributed by atoms with Gasteiger partial charge in [-0.1, -0.05) is 0 Å². The molecular weight excluding hydrogens is 204 g/mol. The van der Waals surface area contributed by atoms with Gasteiger partial charge in [-0.15, -0.1) is 0 Å². The first-order chi connectivity index (χ1) is 7.84. The van der Waals surface area contributed by atoms with Crippen LogP contribution in [0, 0.1) is 5.92 Å². The molecule has 2 heterocycles. The van der Waals surface area contributed by atoms with Crippen molar-refractivity contribution in [3.63, 3.8) is 0 Å². The highest BCUT2D eigenvalue weighted by atomic mass is 16.4. The van der Waals surface area contributed by atoms with Crippen LogP contribution >= 0.6 is 0 Å². The Kier molecular flexibility index (Phi) is 2.06. The fraction of sp³-hybridized carbons (Fsp3) is 0.250. The molecule has 0 aliphatic heterocycles. The molecule has 2 aromatic heterocycles. The summed E-state index contributed by atoms with van der Waals surface area (Å²) >= 11 is 0. The molecule has 1 saturated carbocycles. The molecule has 2 aromatic rings. The van der Waals surface area contributed by atoms with Crippen LogP contribution < -0.4 is 0 Å². The fourth-order valence-corrected chi connectivity index (χ4v) is 1.55. The van der Waals surface area contributed by atoms with E-state index in [1.807, 2.05) is 12.1 Å². The molecule has 4 nitrogen and oxygen atoms in total. The summed E-state index contributed by atoms with van der Waals surface area (Å²) in [6.07, 6.45) is 6.88. The van der Waals surface area contributed by atoms with Crippen molar-refractivity contribution in [2.24, 2.45) is 5.92 Å². The van der Waals surface area contributed by atoms with Gasteiger partial charge in [-0.05, 0) is 25.0 Å². The second kappa shape index (κ2) is 3.56. The van der Waals surface area contributed by atoms with Gasteiger partial charge >= 0.3 is 0 Å². The van der Waals surface area contributed by atoms with Crippen LogP contribution in [-0.4, -0.2) is 15.8 Å². The molecule has 0 spiro atoms. The lowest BCUT2D eigenvalue weighted by molar-refractivity contribution is 0.0934. The maximum absolute atomic E-state index is 11.7. The number of pyridine rings is 1. The molecule has 0 saturated heterocycles.